The lowest BCUT2D eigenvalue weighted by Gasteiger charge is -2.15. The zero-order valence-electron chi connectivity index (χ0n) is 16.3. The maximum absolute atomic E-state index is 13.5. The predicted molar refractivity (Wildman–Crippen MR) is 109 cm³/mol. The fourth-order valence-electron chi connectivity index (χ4n) is 2.76. The molecule has 1 amide bonds. The van der Waals surface area contributed by atoms with Crippen molar-refractivity contribution in [2.45, 2.75) is 23.5 Å². The highest BCUT2D eigenvalue weighted by atomic mass is 32.2. The Morgan fingerprint density at radius 1 is 1.06 bits per heavy atom. The average Bonchev–Trinajstić information content (AvgIpc) is 3.12. The minimum atomic E-state index is -4.67. The molecule has 1 N–H and O–H groups in total. The van der Waals surface area contributed by atoms with E-state index in [9.17, 15) is 31.1 Å². The number of anilines is 1. The van der Waals surface area contributed by atoms with Crippen LogP contribution < -0.4 is 5.32 Å². The average molecular weight is 471 g/mol. The molecular formula is C21H15F6N3OS. The number of halogens is 6. The van der Waals surface area contributed by atoms with E-state index in [0.29, 0.717) is 11.3 Å². The molecule has 1 aromatic heterocycles. The largest absolute Gasteiger partial charge is 0.446 e. The number of aryl methyl sites for hydroxylation is 1. The van der Waals surface area contributed by atoms with Crippen LogP contribution in [0.4, 0.5) is 32.0 Å². The Balaban J connectivity index is 1.73. The molecule has 168 valence electrons. The molecule has 4 nitrogen and oxygen atoms in total. The molecule has 0 atom stereocenters. The van der Waals surface area contributed by atoms with Crippen molar-refractivity contribution in [3.05, 3.63) is 77.9 Å². The molecule has 2 aromatic carbocycles. The van der Waals surface area contributed by atoms with E-state index in [1.165, 1.54) is 59.6 Å². The van der Waals surface area contributed by atoms with E-state index in [4.69, 9.17) is 0 Å². The molecule has 0 saturated carbocycles. The summed E-state index contributed by atoms with van der Waals surface area (Å²) in [5.74, 6) is -0.696. The van der Waals surface area contributed by atoms with Crippen molar-refractivity contribution in [2.75, 3.05) is 5.32 Å². The van der Waals surface area contributed by atoms with Gasteiger partial charge in [-0.2, -0.15) is 26.3 Å². The molecule has 0 bridgehead atoms. The van der Waals surface area contributed by atoms with Crippen LogP contribution in [0.1, 0.15) is 16.8 Å². The number of benzene rings is 2. The molecule has 11 heteroatoms. The summed E-state index contributed by atoms with van der Waals surface area (Å²) in [6.45, 7) is 1.65. The number of hydrogen-bond acceptors (Lipinski definition) is 3. The first kappa shape index (κ1) is 23.5. The number of carbonyl (C=O) groups excluding carboxylic acids is 1. The third-order valence-electron chi connectivity index (χ3n) is 4.10. The lowest BCUT2D eigenvalue weighted by Crippen LogP contribution is -2.13. The third-order valence-corrected chi connectivity index (χ3v) is 4.84. The van der Waals surface area contributed by atoms with E-state index in [-0.39, 0.29) is 28.0 Å². The number of alkyl halides is 6. The summed E-state index contributed by atoms with van der Waals surface area (Å²) in [5.41, 5.74) is -4.56. The third kappa shape index (κ3) is 6.39. The Hall–Kier alpha value is -3.21. The number of hydrogen-bond donors (Lipinski definition) is 1. The fourth-order valence-corrected chi connectivity index (χ4v) is 3.29. The molecular weight excluding hydrogens is 456 g/mol. The summed E-state index contributed by atoms with van der Waals surface area (Å²) in [5, 5.41) is 2.35. The molecule has 0 aliphatic heterocycles. The summed E-state index contributed by atoms with van der Waals surface area (Å²) in [7, 11) is 0. The lowest BCUT2D eigenvalue weighted by atomic mass is 10.1. The van der Waals surface area contributed by atoms with Crippen molar-refractivity contribution >= 4 is 29.4 Å². The van der Waals surface area contributed by atoms with Crippen LogP contribution >= 0.6 is 11.8 Å². The van der Waals surface area contributed by atoms with Gasteiger partial charge >= 0.3 is 11.7 Å². The first-order chi connectivity index (χ1) is 14.9. The number of imidazole rings is 1. The molecule has 0 spiro atoms. The molecule has 0 aliphatic carbocycles. The SMILES string of the molecule is Cc1cn(-c2ccc(NC(=O)C=Cc3ccc(SC(F)(F)F)cc3)cc2C(F)(F)F)cn1. The van der Waals surface area contributed by atoms with Gasteiger partial charge in [0.2, 0.25) is 5.91 Å². The topological polar surface area (TPSA) is 46.9 Å². The minimum Gasteiger partial charge on any atom is -0.322 e. The van der Waals surface area contributed by atoms with Gasteiger partial charge in [-0.05, 0) is 60.7 Å². The summed E-state index contributed by atoms with van der Waals surface area (Å²) in [6.07, 6.45) is 0.459. The van der Waals surface area contributed by atoms with Crippen molar-refractivity contribution < 1.29 is 31.1 Å². The van der Waals surface area contributed by atoms with Crippen molar-refractivity contribution in [3.63, 3.8) is 0 Å². The standard InChI is InChI=1S/C21H15F6N3OS/c1-13-11-30(12-28-13)18-8-5-15(10-17(18)20(22,23)24)29-19(31)9-4-14-2-6-16(7-3-14)32-21(25,26)27/h2-12H,1H3,(H,29,31). The summed E-state index contributed by atoms with van der Waals surface area (Å²) < 4.78 is 78.9. The van der Waals surface area contributed by atoms with Crippen LogP contribution in [0.5, 0.6) is 0 Å². The molecule has 1 heterocycles. The van der Waals surface area contributed by atoms with Crippen LogP contribution in [0, 0.1) is 6.92 Å². The first-order valence-electron chi connectivity index (χ1n) is 8.98. The number of rotatable bonds is 5. The van der Waals surface area contributed by atoms with Gasteiger partial charge in [-0.1, -0.05) is 12.1 Å². The van der Waals surface area contributed by atoms with Gasteiger partial charge in [0.15, 0.2) is 0 Å². The van der Waals surface area contributed by atoms with Crippen LogP contribution in [0.2, 0.25) is 0 Å². The summed E-state index contributed by atoms with van der Waals surface area (Å²) >= 11 is -0.261. The highest BCUT2D eigenvalue weighted by Crippen LogP contribution is 2.37. The second-order valence-corrected chi connectivity index (χ2v) is 7.73. The summed E-state index contributed by atoms with van der Waals surface area (Å²) in [6, 6.07) is 8.65. The van der Waals surface area contributed by atoms with E-state index >= 15 is 0 Å². The maximum atomic E-state index is 13.5. The molecule has 0 unspecified atom stereocenters. The van der Waals surface area contributed by atoms with E-state index in [1.54, 1.807) is 6.92 Å². The Labute approximate surface area is 183 Å². The summed E-state index contributed by atoms with van der Waals surface area (Å²) in [4.78, 5) is 16.0. The Bertz CT molecular complexity index is 1130. The van der Waals surface area contributed by atoms with Gasteiger partial charge < -0.3 is 9.88 Å². The molecule has 32 heavy (non-hydrogen) atoms. The van der Waals surface area contributed by atoms with Gasteiger partial charge in [-0.25, -0.2) is 4.98 Å². The van der Waals surface area contributed by atoms with Crippen molar-refractivity contribution in [1.82, 2.24) is 9.55 Å². The second-order valence-electron chi connectivity index (χ2n) is 6.59. The number of nitrogens with zero attached hydrogens (tertiary/aromatic N) is 2. The quantitative estimate of drug-likeness (QED) is 0.264. The van der Waals surface area contributed by atoms with Gasteiger partial charge in [-0.3, -0.25) is 4.79 Å². The van der Waals surface area contributed by atoms with Crippen molar-refractivity contribution in [3.8, 4) is 5.69 Å². The molecule has 3 rings (SSSR count). The lowest BCUT2D eigenvalue weighted by molar-refractivity contribution is -0.137. The van der Waals surface area contributed by atoms with E-state index in [0.717, 1.165) is 12.1 Å². The molecule has 0 aliphatic rings. The molecule has 0 fully saturated rings. The van der Waals surface area contributed by atoms with Gasteiger partial charge in [0.05, 0.1) is 23.3 Å². The molecule has 0 saturated heterocycles. The van der Waals surface area contributed by atoms with Gasteiger partial charge in [0, 0.05) is 22.9 Å². The monoisotopic (exact) mass is 471 g/mol. The minimum absolute atomic E-state index is 0.00745. The van der Waals surface area contributed by atoms with Crippen LogP contribution in [0.3, 0.4) is 0 Å². The smallest absolute Gasteiger partial charge is 0.322 e. The first-order valence-corrected chi connectivity index (χ1v) is 9.79. The van der Waals surface area contributed by atoms with Gasteiger partial charge in [0.25, 0.3) is 0 Å². The Kier molecular flexibility index (Phi) is 6.68. The number of nitrogens with one attached hydrogen (secondary N) is 1. The predicted octanol–water partition coefficient (Wildman–Crippen LogP) is 6.46. The van der Waals surface area contributed by atoms with Crippen LogP contribution in [-0.2, 0) is 11.0 Å². The number of thioether (sulfide) groups is 1. The normalized spacial score (nSPS) is 12.3. The van der Waals surface area contributed by atoms with Crippen molar-refractivity contribution in [1.29, 1.82) is 0 Å². The highest BCUT2D eigenvalue weighted by Gasteiger charge is 2.34. The molecule has 0 radical (unpaired) electrons. The van der Waals surface area contributed by atoms with Crippen LogP contribution in [-0.4, -0.2) is 21.0 Å². The Morgan fingerprint density at radius 3 is 2.31 bits per heavy atom. The zero-order chi connectivity index (χ0) is 23.5. The highest BCUT2D eigenvalue weighted by molar-refractivity contribution is 8.00. The molecule has 3 aromatic rings. The van der Waals surface area contributed by atoms with E-state index in [1.807, 2.05) is 0 Å². The number of carbonyl (C=O) groups is 1. The van der Waals surface area contributed by atoms with Gasteiger partial charge in [0.1, 0.15) is 0 Å². The zero-order valence-corrected chi connectivity index (χ0v) is 17.1. The van der Waals surface area contributed by atoms with E-state index in [2.05, 4.69) is 10.3 Å². The number of amides is 1. The maximum Gasteiger partial charge on any atom is 0.446 e. The van der Waals surface area contributed by atoms with Crippen molar-refractivity contribution in [2.24, 2.45) is 0 Å². The fraction of sp³-hybridized carbons (Fsp3) is 0.143. The Morgan fingerprint density at radius 2 is 1.75 bits per heavy atom. The second kappa shape index (κ2) is 9.11. The van der Waals surface area contributed by atoms with Crippen LogP contribution in [0.15, 0.2) is 66.0 Å². The van der Waals surface area contributed by atoms with E-state index < -0.39 is 23.2 Å². The van der Waals surface area contributed by atoms with Gasteiger partial charge in [-0.15, -0.1) is 0 Å². The number of aromatic nitrogens is 2. The van der Waals surface area contributed by atoms with Crippen LogP contribution in [0.25, 0.3) is 11.8 Å².